The van der Waals surface area contributed by atoms with Crippen LogP contribution in [0.5, 0.6) is 0 Å². The first-order valence-corrected chi connectivity index (χ1v) is 7.64. The molecule has 2 N–H and O–H groups in total. The lowest BCUT2D eigenvalue weighted by atomic mass is 9.76. The molecule has 1 aliphatic rings. The molecule has 0 unspecified atom stereocenters. The van der Waals surface area contributed by atoms with E-state index in [0.29, 0.717) is 18.4 Å². The minimum Gasteiger partial charge on any atom is -0.481 e. The third kappa shape index (κ3) is 4.06. The molecule has 0 heterocycles. The second kappa shape index (κ2) is 7.22. The van der Waals surface area contributed by atoms with E-state index in [-0.39, 0.29) is 18.2 Å². The first-order chi connectivity index (χ1) is 10.9. The van der Waals surface area contributed by atoms with Gasteiger partial charge in [0.15, 0.2) is 5.78 Å². The van der Waals surface area contributed by atoms with Gasteiger partial charge in [-0.2, -0.15) is 0 Å². The van der Waals surface area contributed by atoms with Crippen molar-refractivity contribution in [2.45, 2.75) is 26.7 Å². The van der Waals surface area contributed by atoms with Gasteiger partial charge in [0, 0.05) is 5.56 Å². The summed E-state index contributed by atoms with van der Waals surface area (Å²) < 4.78 is 0. The van der Waals surface area contributed by atoms with Crippen molar-refractivity contribution in [3.05, 3.63) is 47.0 Å². The normalized spacial score (nSPS) is 21.0. The fourth-order valence-corrected chi connectivity index (χ4v) is 2.85. The minimum atomic E-state index is -0.966. The van der Waals surface area contributed by atoms with E-state index in [1.807, 2.05) is 19.9 Å². The van der Waals surface area contributed by atoms with Crippen molar-refractivity contribution in [1.82, 2.24) is 5.32 Å². The van der Waals surface area contributed by atoms with Gasteiger partial charge in [-0.1, -0.05) is 41.5 Å². The van der Waals surface area contributed by atoms with Crippen LogP contribution in [0.3, 0.4) is 0 Å². The van der Waals surface area contributed by atoms with Crippen LogP contribution in [0.4, 0.5) is 0 Å². The summed E-state index contributed by atoms with van der Waals surface area (Å²) in [6, 6.07) is 8.70. The van der Waals surface area contributed by atoms with Crippen LogP contribution in [0, 0.1) is 11.8 Å². The average Bonchev–Trinajstić information content (AvgIpc) is 2.55. The van der Waals surface area contributed by atoms with Crippen molar-refractivity contribution in [2.24, 2.45) is 11.8 Å². The third-order valence-electron chi connectivity index (χ3n) is 4.44. The van der Waals surface area contributed by atoms with Crippen LogP contribution in [0.1, 0.15) is 37.0 Å². The Morgan fingerprint density at radius 1 is 1.04 bits per heavy atom. The fourth-order valence-electron chi connectivity index (χ4n) is 2.85. The lowest BCUT2D eigenvalue weighted by Gasteiger charge is -2.29. The van der Waals surface area contributed by atoms with Gasteiger partial charge < -0.3 is 10.4 Å². The predicted molar refractivity (Wildman–Crippen MR) is 86.0 cm³/mol. The molecular weight excluding hydrogens is 294 g/mol. The first-order valence-electron chi connectivity index (χ1n) is 7.64. The molecule has 2 atom stereocenters. The zero-order chi connectivity index (χ0) is 17.0. The van der Waals surface area contributed by atoms with Gasteiger partial charge in [-0.05, 0) is 26.7 Å². The number of aliphatic carboxylic acids is 1. The van der Waals surface area contributed by atoms with Crippen molar-refractivity contribution in [1.29, 1.82) is 0 Å². The quantitative estimate of drug-likeness (QED) is 0.646. The van der Waals surface area contributed by atoms with Gasteiger partial charge in [-0.15, -0.1) is 0 Å². The van der Waals surface area contributed by atoms with Crippen LogP contribution < -0.4 is 5.32 Å². The Labute approximate surface area is 135 Å². The molecule has 0 aliphatic heterocycles. The Hall–Kier alpha value is -2.43. The molecule has 0 radical (unpaired) electrons. The maximum absolute atomic E-state index is 12.4. The molecule has 0 saturated heterocycles. The molecule has 0 spiro atoms. The molecule has 0 bridgehead atoms. The molecule has 122 valence electrons. The number of ketones is 1. The highest BCUT2D eigenvalue weighted by atomic mass is 16.4. The molecular formula is C18H21NO4. The summed E-state index contributed by atoms with van der Waals surface area (Å²) in [5.74, 6) is -2.88. The number of Topliss-reactive ketones (excluding diaryl/α,β-unsaturated/α-hetero) is 1. The van der Waals surface area contributed by atoms with Gasteiger partial charge in [-0.3, -0.25) is 14.4 Å². The van der Waals surface area contributed by atoms with Crippen LogP contribution in [0.25, 0.3) is 0 Å². The van der Waals surface area contributed by atoms with Crippen LogP contribution >= 0.6 is 0 Å². The summed E-state index contributed by atoms with van der Waals surface area (Å²) in [5, 5.41) is 11.9. The average molecular weight is 315 g/mol. The highest BCUT2D eigenvalue weighted by Crippen LogP contribution is 2.34. The van der Waals surface area contributed by atoms with Crippen LogP contribution in [0.15, 0.2) is 41.5 Å². The van der Waals surface area contributed by atoms with Crippen molar-refractivity contribution < 1.29 is 19.5 Å². The maximum Gasteiger partial charge on any atom is 0.307 e. The number of amides is 1. The number of carbonyl (C=O) groups excluding carboxylic acids is 2. The van der Waals surface area contributed by atoms with E-state index in [1.165, 1.54) is 0 Å². The molecule has 1 aromatic carbocycles. The van der Waals surface area contributed by atoms with Crippen LogP contribution in [-0.4, -0.2) is 29.3 Å². The molecule has 1 aliphatic carbocycles. The third-order valence-corrected chi connectivity index (χ3v) is 4.44. The number of carboxylic acid groups (broad SMARTS) is 1. The highest BCUT2D eigenvalue weighted by Gasteiger charge is 2.37. The molecule has 2 rings (SSSR count). The van der Waals surface area contributed by atoms with Gasteiger partial charge in [0.2, 0.25) is 5.91 Å². The zero-order valence-corrected chi connectivity index (χ0v) is 13.3. The Morgan fingerprint density at radius 2 is 1.61 bits per heavy atom. The molecule has 0 fully saturated rings. The largest absolute Gasteiger partial charge is 0.481 e. The molecule has 23 heavy (non-hydrogen) atoms. The zero-order valence-electron chi connectivity index (χ0n) is 13.3. The topological polar surface area (TPSA) is 83.5 Å². The van der Waals surface area contributed by atoms with Gasteiger partial charge in [0.1, 0.15) is 0 Å². The van der Waals surface area contributed by atoms with Crippen LogP contribution in [0.2, 0.25) is 0 Å². The van der Waals surface area contributed by atoms with E-state index in [0.717, 1.165) is 11.1 Å². The van der Waals surface area contributed by atoms with Gasteiger partial charge in [0.25, 0.3) is 0 Å². The van der Waals surface area contributed by atoms with Crippen molar-refractivity contribution >= 4 is 17.7 Å². The van der Waals surface area contributed by atoms with Gasteiger partial charge >= 0.3 is 5.97 Å². The van der Waals surface area contributed by atoms with Gasteiger partial charge in [-0.25, -0.2) is 0 Å². The Balaban J connectivity index is 2.02. The second-order valence-electron chi connectivity index (χ2n) is 6.03. The maximum atomic E-state index is 12.4. The molecule has 0 aromatic heterocycles. The van der Waals surface area contributed by atoms with E-state index in [1.54, 1.807) is 24.3 Å². The summed E-state index contributed by atoms with van der Waals surface area (Å²) in [6.07, 6.45) is 0.806. The molecule has 1 aromatic rings. The molecule has 1 amide bonds. The summed E-state index contributed by atoms with van der Waals surface area (Å²) in [5.41, 5.74) is 2.61. The summed E-state index contributed by atoms with van der Waals surface area (Å²) in [6.45, 7) is 3.70. The lowest BCUT2D eigenvalue weighted by molar-refractivity contribution is -0.147. The number of hydrogen-bond donors (Lipinski definition) is 2. The predicted octanol–water partition coefficient (Wildman–Crippen LogP) is 2.43. The van der Waals surface area contributed by atoms with E-state index < -0.39 is 17.8 Å². The number of rotatable bonds is 5. The smallest absolute Gasteiger partial charge is 0.307 e. The fraction of sp³-hybridized carbons (Fsp3) is 0.389. The van der Waals surface area contributed by atoms with E-state index in [4.69, 9.17) is 0 Å². The molecule has 5 heteroatoms. The number of allylic oxidation sites excluding steroid dienone is 2. The standard InChI is InChI=1S/C18H21NO4/c1-11-8-14(15(18(22)23)9-12(11)2)17(21)19-10-16(20)13-6-4-3-5-7-13/h3-7,14-15H,8-10H2,1-2H3,(H,19,21)(H,22,23)/t14-,15-/m1/s1. The summed E-state index contributed by atoms with van der Waals surface area (Å²) >= 11 is 0. The molecule has 0 saturated carbocycles. The Bertz CT molecular complexity index is 648. The van der Waals surface area contributed by atoms with Gasteiger partial charge in [0.05, 0.1) is 18.4 Å². The number of carbonyl (C=O) groups is 3. The number of carboxylic acids is 1. The summed E-state index contributed by atoms with van der Waals surface area (Å²) in [4.78, 5) is 35.8. The van der Waals surface area contributed by atoms with Crippen molar-refractivity contribution in [3.8, 4) is 0 Å². The lowest BCUT2D eigenvalue weighted by Crippen LogP contribution is -2.41. The van der Waals surface area contributed by atoms with Crippen molar-refractivity contribution in [2.75, 3.05) is 6.54 Å². The Kier molecular flexibility index (Phi) is 5.32. The van der Waals surface area contributed by atoms with Crippen molar-refractivity contribution in [3.63, 3.8) is 0 Å². The van der Waals surface area contributed by atoms with E-state index >= 15 is 0 Å². The minimum absolute atomic E-state index is 0.118. The highest BCUT2D eigenvalue weighted by molar-refractivity contribution is 5.99. The number of hydrogen-bond acceptors (Lipinski definition) is 3. The number of benzene rings is 1. The first kappa shape index (κ1) is 16.9. The Morgan fingerprint density at radius 3 is 2.17 bits per heavy atom. The summed E-state index contributed by atoms with van der Waals surface area (Å²) in [7, 11) is 0. The van der Waals surface area contributed by atoms with E-state index in [9.17, 15) is 19.5 Å². The SMILES string of the molecule is CC1=C(C)C[C@@H](C(=O)NCC(=O)c2ccccc2)[C@H](C(=O)O)C1. The monoisotopic (exact) mass is 315 g/mol. The molecule has 5 nitrogen and oxygen atoms in total. The van der Waals surface area contributed by atoms with E-state index in [2.05, 4.69) is 5.32 Å². The van der Waals surface area contributed by atoms with Crippen LogP contribution in [-0.2, 0) is 9.59 Å². The number of nitrogens with one attached hydrogen (secondary N) is 1. The second-order valence-corrected chi connectivity index (χ2v) is 6.03.